The topological polar surface area (TPSA) is 95.5 Å². The summed E-state index contributed by atoms with van der Waals surface area (Å²) in [5, 5.41) is 15.1. The third-order valence-electron chi connectivity index (χ3n) is 2.79. The van der Waals surface area contributed by atoms with Gasteiger partial charge in [-0.25, -0.2) is 8.42 Å². The van der Waals surface area contributed by atoms with Gasteiger partial charge in [-0.2, -0.15) is 0 Å². The quantitative estimate of drug-likeness (QED) is 0.660. The first-order valence-electron chi connectivity index (χ1n) is 5.45. The van der Waals surface area contributed by atoms with E-state index in [4.69, 9.17) is 0 Å². The molecule has 1 aliphatic rings. The number of anilines is 2. The van der Waals surface area contributed by atoms with E-state index in [0.717, 1.165) is 0 Å². The van der Waals surface area contributed by atoms with Crippen LogP contribution < -0.4 is 10.6 Å². The molecule has 1 aliphatic heterocycles. The van der Waals surface area contributed by atoms with Crippen molar-refractivity contribution in [1.29, 1.82) is 0 Å². The van der Waals surface area contributed by atoms with Gasteiger partial charge in [0.2, 0.25) is 6.41 Å². The molecule has 18 heavy (non-hydrogen) atoms. The number of sulfone groups is 1. The van der Waals surface area contributed by atoms with Gasteiger partial charge in [0.25, 0.3) is 0 Å². The number of carbonyl (C=O) groups is 1. The zero-order valence-corrected chi connectivity index (χ0v) is 10.4. The highest BCUT2D eigenvalue weighted by atomic mass is 32.2. The number of amides is 1. The summed E-state index contributed by atoms with van der Waals surface area (Å²) in [6, 6.07) is 6.31. The van der Waals surface area contributed by atoms with Gasteiger partial charge in [-0.3, -0.25) is 4.79 Å². The number of hydrogen-bond acceptors (Lipinski definition) is 5. The largest absolute Gasteiger partial charge is 0.390 e. The first kappa shape index (κ1) is 12.8. The molecule has 6 nitrogen and oxygen atoms in total. The molecule has 0 unspecified atom stereocenters. The van der Waals surface area contributed by atoms with Gasteiger partial charge < -0.3 is 15.7 Å². The zero-order valence-electron chi connectivity index (χ0n) is 9.54. The lowest BCUT2D eigenvalue weighted by Gasteiger charge is -2.16. The van der Waals surface area contributed by atoms with Crippen molar-refractivity contribution in [3.8, 4) is 0 Å². The average Bonchev–Trinajstić information content (AvgIpc) is 2.55. The Bertz CT molecular complexity index is 526. The van der Waals surface area contributed by atoms with Crippen molar-refractivity contribution >= 4 is 27.6 Å². The molecule has 3 N–H and O–H groups in total. The predicted octanol–water partition coefficient (Wildman–Crippen LogP) is -0.175. The van der Waals surface area contributed by atoms with Gasteiger partial charge in [0.05, 0.1) is 23.7 Å². The SMILES string of the molecule is O=CNc1ccc(N[C@@H]2CS(=O)(=O)C[C@@H]2O)cc1. The molecule has 7 heteroatoms. The van der Waals surface area contributed by atoms with Gasteiger partial charge in [-0.05, 0) is 24.3 Å². The summed E-state index contributed by atoms with van der Waals surface area (Å²) in [7, 11) is -3.15. The monoisotopic (exact) mass is 270 g/mol. The number of rotatable bonds is 4. The molecule has 98 valence electrons. The molecule has 0 saturated carbocycles. The van der Waals surface area contributed by atoms with Gasteiger partial charge in [0.15, 0.2) is 9.84 Å². The molecule has 1 aromatic rings. The van der Waals surface area contributed by atoms with Crippen LogP contribution in [0.2, 0.25) is 0 Å². The average molecular weight is 270 g/mol. The summed E-state index contributed by atoms with van der Waals surface area (Å²) in [6.07, 6.45) is -0.307. The maximum atomic E-state index is 11.3. The molecular weight excluding hydrogens is 256 g/mol. The van der Waals surface area contributed by atoms with E-state index in [1.807, 2.05) is 0 Å². The lowest BCUT2D eigenvalue weighted by Crippen LogP contribution is -2.31. The molecule has 1 aromatic carbocycles. The standard InChI is InChI=1S/C11H14N2O4S/c14-7-12-8-1-3-9(4-2-8)13-10-5-18(16,17)6-11(10)15/h1-4,7,10-11,13,15H,5-6H2,(H,12,14)/t10-,11+/m1/s1. The Hall–Kier alpha value is -1.60. The molecule has 1 amide bonds. The first-order valence-corrected chi connectivity index (χ1v) is 7.27. The van der Waals surface area contributed by atoms with Crippen LogP contribution >= 0.6 is 0 Å². The summed E-state index contributed by atoms with van der Waals surface area (Å²) in [5.41, 5.74) is 1.35. The third kappa shape index (κ3) is 2.99. The highest BCUT2D eigenvalue weighted by molar-refractivity contribution is 7.91. The highest BCUT2D eigenvalue weighted by Gasteiger charge is 2.36. The van der Waals surface area contributed by atoms with E-state index in [0.29, 0.717) is 17.8 Å². The summed E-state index contributed by atoms with van der Waals surface area (Å²) < 4.78 is 22.7. The predicted molar refractivity (Wildman–Crippen MR) is 68.2 cm³/mol. The number of benzene rings is 1. The van der Waals surface area contributed by atoms with Gasteiger partial charge in [-0.1, -0.05) is 0 Å². The van der Waals surface area contributed by atoms with Gasteiger partial charge in [0.1, 0.15) is 0 Å². The van der Waals surface area contributed by atoms with Crippen LogP contribution in [0.4, 0.5) is 11.4 Å². The Morgan fingerprint density at radius 2 is 1.78 bits per heavy atom. The Kier molecular flexibility index (Phi) is 3.53. The van der Waals surface area contributed by atoms with Crippen LogP contribution in [-0.4, -0.2) is 43.6 Å². The summed E-state index contributed by atoms with van der Waals surface area (Å²) in [5.74, 6) is -0.266. The van der Waals surface area contributed by atoms with Crippen LogP contribution in [0.5, 0.6) is 0 Å². The molecule has 1 saturated heterocycles. The van der Waals surface area contributed by atoms with Crippen LogP contribution in [0.25, 0.3) is 0 Å². The second-order valence-electron chi connectivity index (χ2n) is 4.23. The van der Waals surface area contributed by atoms with Gasteiger partial charge in [-0.15, -0.1) is 0 Å². The minimum atomic E-state index is -3.15. The maximum absolute atomic E-state index is 11.3. The van der Waals surface area contributed by atoms with E-state index >= 15 is 0 Å². The van der Waals surface area contributed by atoms with Crippen LogP contribution in [0, 0.1) is 0 Å². The fourth-order valence-corrected chi connectivity index (χ4v) is 3.65. The minimum Gasteiger partial charge on any atom is -0.390 e. The number of aliphatic hydroxyl groups is 1. The third-order valence-corrected chi connectivity index (χ3v) is 4.50. The van der Waals surface area contributed by atoms with E-state index in [1.165, 1.54) is 0 Å². The number of carbonyl (C=O) groups excluding carboxylic acids is 1. The van der Waals surface area contributed by atoms with Crippen molar-refractivity contribution in [3.63, 3.8) is 0 Å². The second kappa shape index (κ2) is 4.95. The van der Waals surface area contributed by atoms with E-state index < -0.39 is 22.0 Å². The lowest BCUT2D eigenvalue weighted by molar-refractivity contribution is -0.105. The van der Waals surface area contributed by atoms with Gasteiger partial charge >= 0.3 is 0 Å². The van der Waals surface area contributed by atoms with Crippen molar-refractivity contribution < 1.29 is 18.3 Å². The molecular formula is C11H14N2O4S. The minimum absolute atomic E-state index is 0.0670. The van der Waals surface area contributed by atoms with Crippen LogP contribution in [-0.2, 0) is 14.6 Å². The second-order valence-corrected chi connectivity index (χ2v) is 6.39. The van der Waals surface area contributed by atoms with E-state index in [9.17, 15) is 18.3 Å². The Morgan fingerprint density at radius 3 is 2.28 bits per heavy atom. The fourth-order valence-electron chi connectivity index (χ4n) is 1.91. The Morgan fingerprint density at radius 1 is 1.17 bits per heavy atom. The number of nitrogens with one attached hydrogen (secondary N) is 2. The number of aliphatic hydroxyl groups excluding tert-OH is 1. The molecule has 0 bridgehead atoms. The van der Waals surface area contributed by atoms with Crippen molar-refractivity contribution in [3.05, 3.63) is 24.3 Å². The molecule has 2 atom stereocenters. The Balaban J connectivity index is 2.03. The summed E-state index contributed by atoms with van der Waals surface area (Å²) in [6.45, 7) is 0. The Labute approximate surface area is 105 Å². The zero-order chi connectivity index (χ0) is 13.2. The van der Waals surface area contributed by atoms with Crippen molar-refractivity contribution in [2.24, 2.45) is 0 Å². The normalized spacial score (nSPS) is 25.6. The van der Waals surface area contributed by atoms with Crippen LogP contribution in [0.15, 0.2) is 24.3 Å². The van der Waals surface area contributed by atoms with Crippen LogP contribution in [0.3, 0.4) is 0 Å². The number of hydrogen-bond donors (Lipinski definition) is 3. The molecule has 0 aliphatic carbocycles. The van der Waals surface area contributed by atoms with Crippen molar-refractivity contribution in [2.75, 3.05) is 22.1 Å². The molecule has 2 rings (SSSR count). The molecule has 0 spiro atoms. The van der Waals surface area contributed by atoms with Crippen LogP contribution in [0.1, 0.15) is 0 Å². The summed E-state index contributed by atoms with van der Waals surface area (Å²) in [4.78, 5) is 10.2. The van der Waals surface area contributed by atoms with E-state index in [-0.39, 0.29) is 11.5 Å². The van der Waals surface area contributed by atoms with E-state index in [1.54, 1.807) is 24.3 Å². The first-order chi connectivity index (χ1) is 8.50. The molecule has 0 aromatic heterocycles. The smallest absolute Gasteiger partial charge is 0.211 e. The molecule has 0 radical (unpaired) electrons. The highest BCUT2D eigenvalue weighted by Crippen LogP contribution is 2.19. The molecule has 1 fully saturated rings. The van der Waals surface area contributed by atoms with Crippen molar-refractivity contribution in [2.45, 2.75) is 12.1 Å². The molecule has 1 heterocycles. The van der Waals surface area contributed by atoms with E-state index in [2.05, 4.69) is 10.6 Å². The van der Waals surface area contributed by atoms with Gasteiger partial charge in [0, 0.05) is 11.4 Å². The maximum Gasteiger partial charge on any atom is 0.211 e. The fraction of sp³-hybridized carbons (Fsp3) is 0.364. The summed E-state index contributed by atoms with van der Waals surface area (Å²) >= 11 is 0. The lowest BCUT2D eigenvalue weighted by atomic mass is 10.2. The van der Waals surface area contributed by atoms with Crippen molar-refractivity contribution in [1.82, 2.24) is 0 Å².